The van der Waals surface area contributed by atoms with Crippen LogP contribution in [0.4, 0.5) is 16.2 Å². The molecule has 1 saturated heterocycles. The van der Waals surface area contributed by atoms with Crippen LogP contribution in [0.3, 0.4) is 0 Å². The van der Waals surface area contributed by atoms with Gasteiger partial charge in [-0.1, -0.05) is 17.7 Å². The van der Waals surface area contributed by atoms with Gasteiger partial charge in [-0.3, -0.25) is 10.1 Å². The molecule has 1 aromatic carbocycles. The number of hydrogen-bond acceptors (Lipinski definition) is 6. The Morgan fingerprint density at radius 2 is 1.97 bits per heavy atom. The first kappa shape index (κ1) is 25.3. The average Bonchev–Trinajstić information content (AvgIpc) is 2.70. The van der Waals surface area contributed by atoms with E-state index in [1.165, 1.54) is 10.4 Å². The average molecular weight is 501 g/mol. The van der Waals surface area contributed by atoms with Crippen LogP contribution >= 0.6 is 11.6 Å². The number of halogens is 1. The summed E-state index contributed by atoms with van der Waals surface area (Å²) in [6.45, 7) is 10.1. The zero-order chi connectivity index (χ0) is 24.6. The molecule has 2 aliphatic heterocycles. The lowest BCUT2D eigenvalue weighted by molar-refractivity contribution is -0.384. The molecule has 0 atom stereocenters. The van der Waals surface area contributed by atoms with Gasteiger partial charge in [0.2, 0.25) is 0 Å². The Hall–Kier alpha value is -2.37. The van der Waals surface area contributed by atoms with Crippen molar-refractivity contribution in [2.75, 3.05) is 30.5 Å². The molecular formula is C21H29ClN4O6S. The van der Waals surface area contributed by atoms with Crippen molar-refractivity contribution in [2.45, 2.75) is 45.8 Å². The van der Waals surface area contributed by atoms with E-state index in [1.807, 2.05) is 20.8 Å². The molecule has 3 rings (SSSR count). The summed E-state index contributed by atoms with van der Waals surface area (Å²) >= 11 is 6.09. The molecule has 10 nitrogen and oxygen atoms in total. The fourth-order valence-electron chi connectivity index (χ4n) is 4.09. The van der Waals surface area contributed by atoms with Crippen molar-refractivity contribution in [3.63, 3.8) is 0 Å². The van der Waals surface area contributed by atoms with Gasteiger partial charge in [0, 0.05) is 42.8 Å². The largest absolute Gasteiger partial charge is 0.444 e. The van der Waals surface area contributed by atoms with Crippen molar-refractivity contribution in [2.24, 2.45) is 5.92 Å². The number of rotatable bonds is 5. The number of nitrogens with zero attached hydrogens (tertiary/aromatic N) is 4. The topological polar surface area (TPSA) is 113 Å². The molecule has 0 aromatic heterocycles. The van der Waals surface area contributed by atoms with Crippen molar-refractivity contribution >= 4 is 39.3 Å². The van der Waals surface area contributed by atoms with E-state index in [2.05, 4.69) is 6.58 Å². The molecule has 2 heterocycles. The highest BCUT2D eigenvalue weighted by atomic mass is 35.5. The summed E-state index contributed by atoms with van der Waals surface area (Å²) in [5.41, 5.74) is -0.438. The summed E-state index contributed by atoms with van der Waals surface area (Å²) in [6.07, 6.45) is 2.26. The second-order valence-corrected chi connectivity index (χ2v) is 11.5. The van der Waals surface area contributed by atoms with Gasteiger partial charge in [-0.25, -0.2) is 9.10 Å². The van der Waals surface area contributed by atoms with Gasteiger partial charge in [-0.2, -0.15) is 12.7 Å². The number of nitro benzene ring substituents is 1. The molecule has 12 heteroatoms. The summed E-state index contributed by atoms with van der Waals surface area (Å²) in [6, 6.07) is 2.72. The summed E-state index contributed by atoms with van der Waals surface area (Å²) in [7, 11) is -4.02. The second kappa shape index (κ2) is 9.47. The molecule has 182 valence electrons. The normalized spacial score (nSPS) is 19.2. The first-order valence-corrected chi connectivity index (χ1v) is 12.4. The zero-order valence-electron chi connectivity index (χ0n) is 19.0. The lowest BCUT2D eigenvalue weighted by Crippen LogP contribution is -2.50. The van der Waals surface area contributed by atoms with E-state index in [1.54, 1.807) is 11.0 Å². The van der Waals surface area contributed by atoms with Gasteiger partial charge >= 0.3 is 16.3 Å². The number of hydrogen-bond donors (Lipinski definition) is 0. The van der Waals surface area contributed by atoms with Gasteiger partial charge in [0.05, 0.1) is 11.5 Å². The van der Waals surface area contributed by atoms with Crippen molar-refractivity contribution in [3.8, 4) is 0 Å². The maximum absolute atomic E-state index is 13.4. The molecule has 1 aromatic rings. The predicted octanol–water partition coefficient (Wildman–Crippen LogP) is 3.95. The number of piperidine rings is 1. The summed E-state index contributed by atoms with van der Waals surface area (Å²) in [4.78, 5) is 24.9. The van der Waals surface area contributed by atoms with Crippen LogP contribution in [0.25, 0.3) is 0 Å². The Morgan fingerprint density at radius 1 is 1.33 bits per heavy atom. The van der Waals surface area contributed by atoms with Crippen LogP contribution in [0.15, 0.2) is 24.8 Å². The summed E-state index contributed by atoms with van der Waals surface area (Å²) < 4.78 is 34.5. The number of benzene rings is 1. The fourth-order valence-corrected chi connectivity index (χ4v) is 6.04. The third-order valence-electron chi connectivity index (χ3n) is 5.55. The number of carbonyl (C=O) groups excluding carboxylic acids is 1. The number of carbonyl (C=O) groups is 1. The minimum Gasteiger partial charge on any atom is -0.444 e. The SMILES string of the molecule is C=CCN1c2c(cc(Cl)cc2[N+](=O)[O-])CN(CC2CCN(C(=O)OC(C)(C)C)CC2)S1(=O)=O. The Labute approximate surface area is 199 Å². The number of amides is 1. The highest BCUT2D eigenvalue weighted by Gasteiger charge is 2.41. The van der Waals surface area contributed by atoms with E-state index in [-0.39, 0.29) is 48.0 Å². The Morgan fingerprint density at radius 3 is 2.52 bits per heavy atom. The number of ether oxygens (including phenoxy) is 1. The first-order valence-electron chi connectivity index (χ1n) is 10.7. The van der Waals surface area contributed by atoms with E-state index < -0.39 is 20.7 Å². The van der Waals surface area contributed by atoms with Crippen molar-refractivity contribution in [3.05, 3.63) is 45.5 Å². The zero-order valence-corrected chi connectivity index (χ0v) is 20.6. The van der Waals surface area contributed by atoms with Gasteiger partial charge in [0.15, 0.2) is 0 Å². The van der Waals surface area contributed by atoms with Crippen LogP contribution in [-0.2, 0) is 21.5 Å². The van der Waals surface area contributed by atoms with E-state index in [0.717, 1.165) is 10.4 Å². The molecule has 0 aliphatic carbocycles. The van der Waals surface area contributed by atoms with Crippen LogP contribution in [0, 0.1) is 16.0 Å². The maximum atomic E-state index is 13.4. The molecule has 0 bridgehead atoms. The monoisotopic (exact) mass is 500 g/mol. The molecular weight excluding hydrogens is 472 g/mol. The van der Waals surface area contributed by atoms with Gasteiger partial charge < -0.3 is 9.64 Å². The lowest BCUT2D eigenvalue weighted by atomic mass is 9.97. The molecule has 0 radical (unpaired) electrons. The van der Waals surface area contributed by atoms with Crippen molar-refractivity contribution in [1.29, 1.82) is 0 Å². The quantitative estimate of drug-likeness (QED) is 0.343. The lowest BCUT2D eigenvalue weighted by Gasteiger charge is -2.39. The van der Waals surface area contributed by atoms with Gasteiger partial charge in [0.25, 0.3) is 5.69 Å². The van der Waals surface area contributed by atoms with Crippen LogP contribution in [-0.4, -0.2) is 60.4 Å². The molecule has 0 saturated carbocycles. The molecule has 1 amide bonds. The van der Waals surface area contributed by atoms with Gasteiger partial charge in [-0.05, 0) is 45.6 Å². The van der Waals surface area contributed by atoms with E-state index >= 15 is 0 Å². The Kier molecular flexibility index (Phi) is 7.25. The van der Waals surface area contributed by atoms with Gasteiger partial charge in [-0.15, -0.1) is 6.58 Å². The van der Waals surface area contributed by atoms with Crippen LogP contribution in [0.5, 0.6) is 0 Å². The molecule has 0 N–H and O–H groups in total. The number of fused-ring (bicyclic) bond motifs is 1. The molecule has 0 unspecified atom stereocenters. The summed E-state index contributed by atoms with van der Waals surface area (Å²) in [5, 5.41) is 11.8. The van der Waals surface area contributed by atoms with Crippen molar-refractivity contribution < 1.29 is 22.9 Å². The standard InChI is InChI=1S/C21H29ClN4O6S/c1-5-8-25-19-16(11-17(22)12-18(19)26(28)29)14-24(33(25,30)31)13-15-6-9-23(10-7-15)20(27)32-21(2,3)4/h5,11-12,15H,1,6-10,13-14H2,2-4H3. The van der Waals surface area contributed by atoms with Crippen LogP contribution < -0.4 is 4.31 Å². The predicted molar refractivity (Wildman–Crippen MR) is 126 cm³/mol. The van der Waals surface area contributed by atoms with E-state index in [4.69, 9.17) is 16.3 Å². The smallest absolute Gasteiger partial charge is 0.410 e. The number of nitro groups is 1. The summed E-state index contributed by atoms with van der Waals surface area (Å²) in [5.74, 6) is 0.0276. The maximum Gasteiger partial charge on any atom is 0.410 e. The second-order valence-electron chi connectivity index (χ2n) is 9.22. The van der Waals surface area contributed by atoms with E-state index in [9.17, 15) is 23.3 Å². The number of likely N-dealkylation sites (tertiary alicyclic amines) is 1. The Balaban J connectivity index is 1.80. The third kappa shape index (κ3) is 5.59. The first-order chi connectivity index (χ1) is 15.3. The molecule has 2 aliphatic rings. The molecule has 33 heavy (non-hydrogen) atoms. The Bertz CT molecular complexity index is 1050. The van der Waals surface area contributed by atoms with Crippen LogP contribution in [0.1, 0.15) is 39.2 Å². The van der Waals surface area contributed by atoms with Crippen LogP contribution in [0.2, 0.25) is 5.02 Å². The van der Waals surface area contributed by atoms with Gasteiger partial charge in [0.1, 0.15) is 11.3 Å². The third-order valence-corrected chi connectivity index (χ3v) is 7.59. The molecule has 0 spiro atoms. The van der Waals surface area contributed by atoms with E-state index in [0.29, 0.717) is 31.5 Å². The minimum atomic E-state index is -4.02. The minimum absolute atomic E-state index is 0.0149. The highest BCUT2D eigenvalue weighted by molar-refractivity contribution is 7.90. The molecule has 1 fully saturated rings. The fraction of sp³-hybridized carbons (Fsp3) is 0.571. The van der Waals surface area contributed by atoms with Crippen molar-refractivity contribution in [1.82, 2.24) is 9.21 Å². The number of anilines is 1. The highest BCUT2D eigenvalue weighted by Crippen LogP contribution is 2.42.